The van der Waals surface area contributed by atoms with E-state index in [1.807, 2.05) is 9.80 Å². The number of benzene rings is 1. The fraction of sp³-hybridized carbons (Fsp3) is 0.588. The maximum Gasteiger partial charge on any atom is 0.320 e. The largest absolute Gasteiger partial charge is 0.320 e. The number of piperazine rings is 1. The third-order valence-corrected chi connectivity index (χ3v) is 5.01. The Hall–Kier alpha value is -1.62. The van der Waals surface area contributed by atoms with Crippen LogP contribution in [0.3, 0.4) is 0 Å². The van der Waals surface area contributed by atoms with E-state index < -0.39 is 0 Å². The molecule has 1 aliphatic carbocycles. The van der Waals surface area contributed by atoms with Crippen LogP contribution in [0.5, 0.6) is 0 Å². The number of carbonyl (C=O) groups excluding carboxylic acids is 1. The minimum atomic E-state index is -0.232. The molecule has 1 aromatic carbocycles. The molecule has 2 saturated heterocycles. The maximum absolute atomic E-state index is 13.0. The van der Waals surface area contributed by atoms with Crippen LogP contribution in [0, 0.1) is 11.7 Å². The second-order valence-corrected chi connectivity index (χ2v) is 6.84. The monoisotopic (exact) mass is 303 g/mol. The third-order valence-electron chi connectivity index (χ3n) is 5.01. The second-order valence-electron chi connectivity index (χ2n) is 6.84. The first-order valence-electron chi connectivity index (χ1n) is 8.21. The molecular formula is C17H22FN3O. The van der Waals surface area contributed by atoms with Crippen molar-refractivity contribution in [2.75, 3.05) is 32.7 Å². The number of carbonyl (C=O) groups is 1. The predicted octanol–water partition coefficient (Wildman–Crippen LogP) is 2.16. The average Bonchev–Trinajstić information content (AvgIpc) is 3.27. The molecule has 4 nitrogen and oxygen atoms in total. The van der Waals surface area contributed by atoms with Gasteiger partial charge in [0.15, 0.2) is 0 Å². The molecule has 5 heteroatoms. The van der Waals surface area contributed by atoms with Crippen molar-refractivity contribution in [3.8, 4) is 0 Å². The first kappa shape index (κ1) is 14.0. The Balaban J connectivity index is 1.39. The zero-order valence-corrected chi connectivity index (χ0v) is 12.7. The van der Waals surface area contributed by atoms with Crippen LogP contribution in [-0.2, 0) is 6.54 Å². The van der Waals surface area contributed by atoms with Crippen molar-refractivity contribution in [1.29, 1.82) is 0 Å². The van der Waals surface area contributed by atoms with Crippen LogP contribution in [-0.4, -0.2) is 59.5 Å². The minimum Gasteiger partial charge on any atom is -0.318 e. The highest BCUT2D eigenvalue weighted by Crippen LogP contribution is 2.31. The summed E-state index contributed by atoms with van der Waals surface area (Å²) in [7, 11) is 0. The lowest BCUT2D eigenvalue weighted by molar-refractivity contribution is 0.117. The first-order valence-corrected chi connectivity index (χ1v) is 8.21. The predicted molar refractivity (Wildman–Crippen MR) is 81.9 cm³/mol. The normalized spacial score (nSPS) is 25.7. The zero-order valence-electron chi connectivity index (χ0n) is 12.7. The van der Waals surface area contributed by atoms with Crippen molar-refractivity contribution in [1.82, 2.24) is 14.7 Å². The molecule has 4 rings (SSSR count). The Morgan fingerprint density at radius 2 is 1.86 bits per heavy atom. The SMILES string of the molecule is O=C1N(Cc2ccc(F)cc2)C[C@H]2CN(CC3CC3)CCN12. The lowest BCUT2D eigenvalue weighted by Crippen LogP contribution is -2.52. The van der Waals surface area contributed by atoms with Gasteiger partial charge >= 0.3 is 6.03 Å². The standard InChI is InChI=1S/C17H22FN3O/c18-15-5-3-14(4-6-15)10-20-12-16-11-19(9-13-1-2-13)7-8-21(16)17(20)22/h3-6,13,16H,1-2,7-12H2/t16-/m1/s1. The second kappa shape index (κ2) is 5.54. The Bertz CT molecular complexity index is 558. The number of hydrogen-bond donors (Lipinski definition) is 0. The summed E-state index contributed by atoms with van der Waals surface area (Å²) in [5, 5.41) is 0. The van der Waals surface area contributed by atoms with Gasteiger partial charge in [-0.3, -0.25) is 4.90 Å². The highest BCUT2D eigenvalue weighted by Gasteiger charge is 2.41. The molecule has 0 N–H and O–H groups in total. The lowest BCUT2D eigenvalue weighted by atomic mass is 10.1. The fourth-order valence-electron chi connectivity index (χ4n) is 3.62. The van der Waals surface area contributed by atoms with E-state index in [4.69, 9.17) is 0 Å². The molecule has 0 unspecified atom stereocenters. The molecule has 1 atom stereocenters. The van der Waals surface area contributed by atoms with Crippen LogP contribution in [0.25, 0.3) is 0 Å². The fourth-order valence-corrected chi connectivity index (χ4v) is 3.62. The summed E-state index contributed by atoms with van der Waals surface area (Å²) in [5.74, 6) is 0.670. The number of fused-ring (bicyclic) bond motifs is 1. The van der Waals surface area contributed by atoms with Crippen LogP contribution in [0.2, 0.25) is 0 Å². The van der Waals surface area contributed by atoms with Crippen LogP contribution >= 0.6 is 0 Å². The summed E-state index contributed by atoms with van der Waals surface area (Å²) in [5.41, 5.74) is 0.990. The number of amides is 2. The Morgan fingerprint density at radius 1 is 1.09 bits per heavy atom. The summed E-state index contributed by atoms with van der Waals surface area (Å²) in [6.45, 7) is 5.42. The van der Waals surface area contributed by atoms with Crippen LogP contribution in [0.4, 0.5) is 9.18 Å². The highest BCUT2D eigenvalue weighted by molar-refractivity contribution is 5.77. The number of urea groups is 1. The summed E-state index contributed by atoms with van der Waals surface area (Å²) >= 11 is 0. The van der Waals surface area contributed by atoms with E-state index >= 15 is 0 Å². The molecular weight excluding hydrogens is 281 g/mol. The van der Waals surface area contributed by atoms with Gasteiger partial charge in [0, 0.05) is 39.3 Å². The van der Waals surface area contributed by atoms with Crippen LogP contribution in [0.1, 0.15) is 18.4 Å². The molecule has 0 radical (unpaired) electrons. The molecule has 1 aromatic rings. The Morgan fingerprint density at radius 3 is 2.59 bits per heavy atom. The van der Waals surface area contributed by atoms with Gasteiger partial charge < -0.3 is 9.80 Å². The molecule has 3 aliphatic rings. The maximum atomic E-state index is 13.0. The van der Waals surface area contributed by atoms with Crippen molar-refractivity contribution in [3.05, 3.63) is 35.6 Å². The molecule has 118 valence electrons. The van der Waals surface area contributed by atoms with E-state index in [1.165, 1.54) is 31.5 Å². The van der Waals surface area contributed by atoms with Gasteiger partial charge in [0.1, 0.15) is 5.82 Å². The minimum absolute atomic E-state index is 0.139. The zero-order chi connectivity index (χ0) is 15.1. The van der Waals surface area contributed by atoms with Gasteiger partial charge in [0.2, 0.25) is 0 Å². The molecule has 22 heavy (non-hydrogen) atoms. The molecule has 2 heterocycles. The van der Waals surface area contributed by atoms with Gasteiger partial charge in [-0.1, -0.05) is 12.1 Å². The average molecular weight is 303 g/mol. The topological polar surface area (TPSA) is 26.8 Å². The summed E-state index contributed by atoms with van der Waals surface area (Å²) < 4.78 is 13.0. The van der Waals surface area contributed by atoms with E-state index in [2.05, 4.69) is 4.90 Å². The van der Waals surface area contributed by atoms with Gasteiger partial charge in [-0.2, -0.15) is 0 Å². The number of halogens is 1. The first-order chi connectivity index (χ1) is 10.7. The van der Waals surface area contributed by atoms with Crippen molar-refractivity contribution in [3.63, 3.8) is 0 Å². The van der Waals surface area contributed by atoms with Gasteiger partial charge in [-0.15, -0.1) is 0 Å². The number of hydrogen-bond acceptors (Lipinski definition) is 2. The summed E-state index contributed by atoms with van der Waals surface area (Å²) in [4.78, 5) is 19.0. The summed E-state index contributed by atoms with van der Waals surface area (Å²) in [6, 6.07) is 6.90. The summed E-state index contributed by atoms with van der Waals surface area (Å²) in [6.07, 6.45) is 2.75. The van der Waals surface area contributed by atoms with Gasteiger partial charge in [0.25, 0.3) is 0 Å². The highest BCUT2D eigenvalue weighted by atomic mass is 19.1. The smallest absolute Gasteiger partial charge is 0.318 e. The van der Waals surface area contributed by atoms with Gasteiger partial charge in [-0.25, -0.2) is 9.18 Å². The van der Waals surface area contributed by atoms with E-state index in [9.17, 15) is 9.18 Å². The van der Waals surface area contributed by atoms with Crippen molar-refractivity contribution >= 4 is 6.03 Å². The Labute approximate surface area is 130 Å². The van der Waals surface area contributed by atoms with Crippen molar-refractivity contribution < 1.29 is 9.18 Å². The van der Waals surface area contributed by atoms with E-state index in [-0.39, 0.29) is 11.8 Å². The molecule has 2 amide bonds. The van der Waals surface area contributed by atoms with Crippen LogP contribution in [0.15, 0.2) is 24.3 Å². The quantitative estimate of drug-likeness (QED) is 0.852. The van der Waals surface area contributed by atoms with Gasteiger partial charge in [-0.05, 0) is 36.5 Å². The number of rotatable bonds is 4. The molecule has 2 aliphatic heterocycles. The van der Waals surface area contributed by atoms with E-state index in [0.29, 0.717) is 12.6 Å². The molecule has 3 fully saturated rings. The lowest BCUT2D eigenvalue weighted by Gasteiger charge is -2.36. The van der Waals surface area contributed by atoms with E-state index in [0.717, 1.165) is 37.7 Å². The van der Waals surface area contributed by atoms with Crippen molar-refractivity contribution in [2.45, 2.75) is 25.4 Å². The van der Waals surface area contributed by atoms with Crippen molar-refractivity contribution in [2.24, 2.45) is 5.92 Å². The Kier molecular flexibility index (Phi) is 3.53. The van der Waals surface area contributed by atoms with E-state index in [1.54, 1.807) is 12.1 Å². The third kappa shape index (κ3) is 2.82. The van der Waals surface area contributed by atoms with Crippen LogP contribution < -0.4 is 0 Å². The number of nitrogens with zero attached hydrogens (tertiary/aromatic N) is 3. The molecule has 1 saturated carbocycles. The molecule has 0 aromatic heterocycles. The van der Waals surface area contributed by atoms with Gasteiger partial charge in [0.05, 0.1) is 6.04 Å². The molecule has 0 spiro atoms. The molecule has 0 bridgehead atoms.